The Bertz CT molecular complexity index is 548. The van der Waals surface area contributed by atoms with Crippen molar-refractivity contribution < 1.29 is 9.22 Å². The lowest BCUT2D eigenvalue weighted by atomic mass is 9.72. The van der Waals surface area contributed by atoms with Gasteiger partial charge in [0.25, 0.3) is 0 Å². The van der Waals surface area contributed by atoms with Crippen molar-refractivity contribution in [1.82, 2.24) is 4.98 Å². The number of rotatable bonds is 5. The highest BCUT2D eigenvalue weighted by atomic mass is 79.9. The van der Waals surface area contributed by atoms with Crippen molar-refractivity contribution in [2.24, 2.45) is 11.8 Å². The molecule has 0 spiro atoms. The fraction of sp³-hybridized carbons (Fsp3) is 0.647. The third-order valence-electron chi connectivity index (χ3n) is 5.06. The molecule has 122 valence electrons. The number of Topliss-reactive ketones (excluding diaryl/α,β-unsaturated/α-hetero) is 1. The number of carbonyl (C=O) groups excluding carboxylic acids is 1. The number of nitrogens with zero attached hydrogens (tertiary/aromatic N) is 1. The van der Waals surface area contributed by atoms with Crippen LogP contribution in [0, 0.1) is 11.8 Å². The SMILES string of the molecule is CC(C)(C)[Si](C)(C)OCC1CC(C(=O)c2cccc(Br)n2)C1. The van der Waals surface area contributed by atoms with Crippen LogP contribution in [-0.2, 0) is 4.43 Å². The van der Waals surface area contributed by atoms with Crippen LogP contribution in [0.5, 0.6) is 0 Å². The molecule has 0 N–H and O–H groups in total. The predicted octanol–water partition coefficient (Wildman–Crippen LogP) is 5.07. The van der Waals surface area contributed by atoms with Gasteiger partial charge in [-0.25, -0.2) is 4.98 Å². The molecular weight excluding hydrogens is 358 g/mol. The van der Waals surface area contributed by atoms with E-state index in [1.807, 2.05) is 12.1 Å². The van der Waals surface area contributed by atoms with E-state index in [0.717, 1.165) is 24.1 Å². The van der Waals surface area contributed by atoms with Gasteiger partial charge in [0, 0.05) is 12.5 Å². The Morgan fingerprint density at radius 1 is 1.36 bits per heavy atom. The van der Waals surface area contributed by atoms with Gasteiger partial charge in [0.05, 0.1) is 0 Å². The van der Waals surface area contributed by atoms with E-state index >= 15 is 0 Å². The minimum absolute atomic E-state index is 0.120. The molecule has 0 saturated heterocycles. The first-order valence-electron chi connectivity index (χ1n) is 7.91. The van der Waals surface area contributed by atoms with E-state index in [2.05, 4.69) is 54.8 Å². The van der Waals surface area contributed by atoms with Crippen LogP contribution in [-0.4, -0.2) is 25.7 Å². The zero-order valence-corrected chi connectivity index (χ0v) is 16.7. The smallest absolute Gasteiger partial charge is 0.191 e. The van der Waals surface area contributed by atoms with E-state index in [9.17, 15) is 4.79 Å². The Balaban J connectivity index is 1.82. The number of halogens is 1. The first-order valence-corrected chi connectivity index (χ1v) is 11.6. The highest BCUT2D eigenvalue weighted by molar-refractivity contribution is 9.10. The Kier molecular flexibility index (Phi) is 5.29. The summed E-state index contributed by atoms with van der Waals surface area (Å²) in [5.41, 5.74) is 0.572. The largest absolute Gasteiger partial charge is 0.417 e. The van der Waals surface area contributed by atoms with E-state index in [4.69, 9.17) is 4.43 Å². The molecule has 0 bridgehead atoms. The number of carbonyl (C=O) groups is 1. The second-order valence-corrected chi connectivity index (χ2v) is 13.4. The minimum Gasteiger partial charge on any atom is -0.417 e. The van der Waals surface area contributed by atoms with Gasteiger partial charge in [0.1, 0.15) is 10.3 Å². The summed E-state index contributed by atoms with van der Waals surface area (Å²) in [4.78, 5) is 16.6. The molecule has 1 aromatic rings. The van der Waals surface area contributed by atoms with Gasteiger partial charge in [-0.2, -0.15) is 0 Å². The summed E-state index contributed by atoms with van der Waals surface area (Å²) in [6, 6.07) is 5.50. The zero-order valence-electron chi connectivity index (χ0n) is 14.1. The summed E-state index contributed by atoms with van der Waals surface area (Å²) in [6.45, 7) is 12.1. The number of ketones is 1. The second kappa shape index (κ2) is 6.54. The zero-order chi connectivity index (χ0) is 16.5. The van der Waals surface area contributed by atoms with Crippen LogP contribution >= 0.6 is 15.9 Å². The summed E-state index contributed by atoms with van der Waals surface area (Å²) >= 11 is 3.32. The number of hydrogen-bond donors (Lipinski definition) is 0. The average molecular weight is 384 g/mol. The molecule has 0 amide bonds. The first-order chi connectivity index (χ1) is 10.1. The lowest BCUT2D eigenvalue weighted by Crippen LogP contribution is -2.44. The maximum Gasteiger partial charge on any atom is 0.191 e. The average Bonchev–Trinajstić information content (AvgIpc) is 2.35. The molecule has 3 nitrogen and oxygen atoms in total. The molecule has 1 aliphatic rings. The van der Waals surface area contributed by atoms with Crippen molar-refractivity contribution in [3.05, 3.63) is 28.5 Å². The third-order valence-corrected chi connectivity index (χ3v) is 10.0. The quantitative estimate of drug-likeness (QED) is 0.404. The summed E-state index contributed by atoms with van der Waals surface area (Å²) in [6.07, 6.45) is 1.86. The van der Waals surface area contributed by atoms with Gasteiger partial charge in [-0.1, -0.05) is 26.8 Å². The molecule has 0 atom stereocenters. The predicted molar refractivity (Wildman–Crippen MR) is 95.6 cm³/mol. The highest BCUT2D eigenvalue weighted by Crippen LogP contribution is 2.40. The van der Waals surface area contributed by atoms with Gasteiger partial charge >= 0.3 is 0 Å². The van der Waals surface area contributed by atoms with Crippen LogP contribution in [0.3, 0.4) is 0 Å². The van der Waals surface area contributed by atoms with E-state index in [-0.39, 0.29) is 16.7 Å². The normalized spacial score (nSPS) is 22.3. The maximum atomic E-state index is 12.4. The number of aromatic nitrogens is 1. The van der Waals surface area contributed by atoms with Crippen molar-refractivity contribution in [3.63, 3.8) is 0 Å². The van der Waals surface area contributed by atoms with E-state index in [0.29, 0.717) is 11.6 Å². The summed E-state index contributed by atoms with van der Waals surface area (Å²) in [5.74, 6) is 0.815. The van der Waals surface area contributed by atoms with Gasteiger partial charge in [0.15, 0.2) is 14.1 Å². The number of hydrogen-bond acceptors (Lipinski definition) is 3. The van der Waals surface area contributed by atoms with Crippen LogP contribution in [0.4, 0.5) is 0 Å². The molecule has 1 aromatic heterocycles. The molecule has 2 rings (SSSR count). The van der Waals surface area contributed by atoms with E-state index < -0.39 is 8.32 Å². The molecule has 0 aliphatic heterocycles. The lowest BCUT2D eigenvalue weighted by Gasteiger charge is -2.40. The molecule has 5 heteroatoms. The molecule has 1 fully saturated rings. The Morgan fingerprint density at radius 2 is 2.00 bits per heavy atom. The molecular formula is C17H26BrNO2Si. The molecule has 1 saturated carbocycles. The van der Waals surface area contributed by atoms with Crippen molar-refractivity contribution in [2.75, 3.05) is 6.61 Å². The fourth-order valence-electron chi connectivity index (χ4n) is 2.38. The monoisotopic (exact) mass is 383 g/mol. The van der Waals surface area contributed by atoms with Crippen LogP contribution in [0.25, 0.3) is 0 Å². The Labute approximate surface area is 143 Å². The van der Waals surface area contributed by atoms with Crippen LogP contribution in [0.1, 0.15) is 44.1 Å². The maximum absolute atomic E-state index is 12.4. The summed E-state index contributed by atoms with van der Waals surface area (Å²) < 4.78 is 6.97. The minimum atomic E-state index is -1.67. The molecule has 1 aliphatic carbocycles. The van der Waals surface area contributed by atoms with Crippen molar-refractivity contribution >= 4 is 30.0 Å². The van der Waals surface area contributed by atoms with Gasteiger partial charge < -0.3 is 4.43 Å². The van der Waals surface area contributed by atoms with Crippen molar-refractivity contribution in [3.8, 4) is 0 Å². The number of pyridine rings is 1. The van der Waals surface area contributed by atoms with Crippen LogP contribution in [0.2, 0.25) is 18.1 Å². The summed E-state index contributed by atoms with van der Waals surface area (Å²) in [5, 5.41) is 0.242. The van der Waals surface area contributed by atoms with Gasteiger partial charge in [0.2, 0.25) is 0 Å². The highest BCUT2D eigenvalue weighted by Gasteiger charge is 2.40. The topological polar surface area (TPSA) is 39.2 Å². The van der Waals surface area contributed by atoms with Gasteiger partial charge in [-0.05, 0) is 65.0 Å². The molecule has 1 heterocycles. The van der Waals surface area contributed by atoms with Gasteiger partial charge in [-0.3, -0.25) is 4.79 Å². The molecule has 0 unspecified atom stereocenters. The molecule has 0 radical (unpaired) electrons. The van der Waals surface area contributed by atoms with Crippen molar-refractivity contribution in [2.45, 2.75) is 51.7 Å². The molecule has 0 aromatic carbocycles. The van der Waals surface area contributed by atoms with Crippen LogP contribution < -0.4 is 0 Å². The second-order valence-electron chi connectivity index (χ2n) is 7.82. The van der Waals surface area contributed by atoms with Gasteiger partial charge in [-0.15, -0.1) is 0 Å². The Morgan fingerprint density at radius 3 is 2.55 bits per heavy atom. The Hall–Kier alpha value is -0.523. The first kappa shape index (κ1) is 17.8. The fourth-order valence-corrected chi connectivity index (χ4v) is 3.81. The summed E-state index contributed by atoms with van der Waals surface area (Å²) in [7, 11) is -1.67. The molecule has 22 heavy (non-hydrogen) atoms. The van der Waals surface area contributed by atoms with E-state index in [1.165, 1.54) is 0 Å². The standard InChI is InChI=1S/C17H26BrNO2Si/c1-17(2,3)22(4,5)21-11-12-9-13(10-12)16(20)14-7-6-8-15(18)19-14/h6-8,12-13H,9-11H2,1-5H3. The van der Waals surface area contributed by atoms with E-state index in [1.54, 1.807) is 6.07 Å². The van der Waals surface area contributed by atoms with Crippen LogP contribution in [0.15, 0.2) is 22.8 Å². The van der Waals surface area contributed by atoms with Crippen molar-refractivity contribution in [1.29, 1.82) is 0 Å². The lowest BCUT2D eigenvalue weighted by molar-refractivity contribution is 0.0675. The third kappa shape index (κ3) is 4.06.